The first kappa shape index (κ1) is 15.8. The van der Waals surface area contributed by atoms with Gasteiger partial charge in [0.1, 0.15) is 11.3 Å². The average Bonchev–Trinajstić information content (AvgIpc) is 2.57. The van der Waals surface area contributed by atoms with Crippen molar-refractivity contribution in [2.45, 2.75) is 13.8 Å². The first-order valence-corrected chi connectivity index (χ1v) is 7.66. The number of aryl methyl sites for hydroxylation is 1. The van der Waals surface area contributed by atoms with Crippen LogP contribution >= 0.6 is 0 Å². The lowest BCUT2D eigenvalue weighted by atomic mass is 10.1. The molecule has 24 heavy (non-hydrogen) atoms. The molecule has 0 saturated carbocycles. The Balaban J connectivity index is 1.95. The number of anilines is 1. The molecule has 0 radical (unpaired) electrons. The summed E-state index contributed by atoms with van der Waals surface area (Å²) in [6.07, 6.45) is 0. The van der Waals surface area contributed by atoms with Crippen LogP contribution in [0.5, 0.6) is 5.75 Å². The van der Waals surface area contributed by atoms with Crippen molar-refractivity contribution in [1.29, 1.82) is 0 Å². The smallest absolute Gasteiger partial charge is 0.291 e. The molecule has 1 aromatic heterocycles. The third-order valence-corrected chi connectivity index (χ3v) is 3.54. The van der Waals surface area contributed by atoms with E-state index in [1.165, 1.54) is 6.07 Å². The molecule has 0 unspecified atom stereocenters. The van der Waals surface area contributed by atoms with E-state index < -0.39 is 5.91 Å². The average molecular weight is 323 g/mol. The Morgan fingerprint density at radius 2 is 1.96 bits per heavy atom. The minimum absolute atomic E-state index is 0.0392. The molecule has 3 rings (SSSR count). The first-order valence-electron chi connectivity index (χ1n) is 7.66. The third kappa shape index (κ3) is 3.15. The second-order valence-electron chi connectivity index (χ2n) is 5.36. The van der Waals surface area contributed by atoms with Crippen LogP contribution in [0.25, 0.3) is 11.0 Å². The molecule has 0 bridgehead atoms. The quantitative estimate of drug-likeness (QED) is 0.794. The van der Waals surface area contributed by atoms with Gasteiger partial charge in [-0.2, -0.15) is 0 Å². The van der Waals surface area contributed by atoms with Crippen molar-refractivity contribution in [3.05, 3.63) is 70.1 Å². The van der Waals surface area contributed by atoms with Crippen molar-refractivity contribution >= 4 is 22.6 Å². The highest BCUT2D eigenvalue weighted by Gasteiger charge is 2.14. The Bertz CT molecular complexity index is 959. The van der Waals surface area contributed by atoms with Crippen LogP contribution < -0.4 is 15.5 Å². The van der Waals surface area contributed by atoms with Crippen LogP contribution in [0.3, 0.4) is 0 Å². The van der Waals surface area contributed by atoms with Crippen LogP contribution in [0.2, 0.25) is 0 Å². The highest BCUT2D eigenvalue weighted by molar-refractivity contribution is 6.03. The third-order valence-electron chi connectivity index (χ3n) is 3.54. The van der Waals surface area contributed by atoms with Crippen LogP contribution in [0.15, 0.2) is 57.7 Å². The summed E-state index contributed by atoms with van der Waals surface area (Å²) in [5.74, 6) is 0.0245. The lowest BCUT2D eigenvalue weighted by Crippen LogP contribution is -2.15. The normalized spacial score (nSPS) is 10.6. The molecular weight excluding hydrogens is 306 g/mol. The van der Waals surface area contributed by atoms with Crippen LogP contribution in [0.4, 0.5) is 5.69 Å². The monoisotopic (exact) mass is 323 g/mol. The van der Waals surface area contributed by atoms with Crippen molar-refractivity contribution in [2.24, 2.45) is 0 Å². The number of amides is 1. The van der Waals surface area contributed by atoms with Crippen molar-refractivity contribution in [3.63, 3.8) is 0 Å². The molecular formula is C19H17NO4. The van der Waals surface area contributed by atoms with E-state index >= 15 is 0 Å². The van der Waals surface area contributed by atoms with Gasteiger partial charge in [-0.1, -0.05) is 23.8 Å². The van der Waals surface area contributed by atoms with E-state index in [4.69, 9.17) is 9.15 Å². The number of rotatable bonds is 4. The Labute approximate surface area is 138 Å². The number of ether oxygens (including phenoxy) is 1. The van der Waals surface area contributed by atoms with Gasteiger partial charge in [-0.25, -0.2) is 0 Å². The van der Waals surface area contributed by atoms with E-state index in [1.54, 1.807) is 30.3 Å². The number of hydrogen-bond donors (Lipinski definition) is 1. The van der Waals surface area contributed by atoms with E-state index in [2.05, 4.69) is 5.32 Å². The van der Waals surface area contributed by atoms with Crippen molar-refractivity contribution < 1.29 is 13.9 Å². The van der Waals surface area contributed by atoms with E-state index in [0.29, 0.717) is 29.0 Å². The van der Waals surface area contributed by atoms with Gasteiger partial charge in [0.25, 0.3) is 5.91 Å². The largest absolute Gasteiger partial charge is 0.492 e. The predicted molar refractivity (Wildman–Crippen MR) is 92.8 cm³/mol. The lowest BCUT2D eigenvalue weighted by molar-refractivity contribution is 0.0996. The highest BCUT2D eigenvalue weighted by Crippen LogP contribution is 2.24. The molecule has 0 spiro atoms. The van der Waals surface area contributed by atoms with Gasteiger partial charge in [0.15, 0.2) is 11.2 Å². The summed E-state index contributed by atoms with van der Waals surface area (Å²) in [7, 11) is 0. The lowest BCUT2D eigenvalue weighted by Gasteiger charge is -2.11. The first-order chi connectivity index (χ1) is 11.6. The molecule has 2 aromatic carbocycles. The number of fused-ring (bicyclic) bond motifs is 1. The molecule has 0 saturated heterocycles. The summed E-state index contributed by atoms with van der Waals surface area (Å²) >= 11 is 0. The number of hydrogen-bond acceptors (Lipinski definition) is 4. The van der Waals surface area contributed by atoms with E-state index in [-0.39, 0.29) is 11.2 Å². The summed E-state index contributed by atoms with van der Waals surface area (Å²) in [5.41, 5.74) is 1.62. The number of carbonyl (C=O) groups excluding carboxylic acids is 1. The van der Waals surface area contributed by atoms with Gasteiger partial charge in [-0.3, -0.25) is 9.59 Å². The molecule has 5 nitrogen and oxygen atoms in total. The molecule has 0 aliphatic rings. The Morgan fingerprint density at radius 3 is 2.75 bits per heavy atom. The van der Waals surface area contributed by atoms with Crippen LogP contribution in [-0.4, -0.2) is 12.5 Å². The number of nitrogens with one attached hydrogen (secondary N) is 1. The van der Waals surface area contributed by atoms with E-state index in [0.717, 1.165) is 5.56 Å². The minimum Gasteiger partial charge on any atom is -0.492 e. The fourth-order valence-corrected chi connectivity index (χ4v) is 2.42. The topological polar surface area (TPSA) is 68.5 Å². The Morgan fingerprint density at radius 1 is 1.17 bits per heavy atom. The maximum Gasteiger partial charge on any atom is 0.291 e. The SMILES string of the molecule is CCOc1ccccc1NC(=O)c1cc(=O)c2cc(C)ccc2o1. The maximum atomic E-state index is 12.4. The number of carbonyl (C=O) groups is 1. The van der Waals surface area contributed by atoms with E-state index in [9.17, 15) is 9.59 Å². The number of para-hydroxylation sites is 2. The van der Waals surface area contributed by atoms with Crippen molar-refractivity contribution in [2.75, 3.05) is 11.9 Å². The zero-order valence-corrected chi connectivity index (χ0v) is 13.5. The van der Waals surface area contributed by atoms with Gasteiger partial charge in [0, 0.05) is 6.07 Å². The summed E-state index contributed by atoms with van der Waals surface area (Å²) in [6.45, 7) is 4.24. The van der Waals surface area contributed by atoms with Crippen LogP contribution in [0.1, 0.15) is 23.0 Å². The summed E-state index contributed by atoms with van der Waals surface area (Å²) in [5, 5.41) is 3.18. The second-order valence-corrected chi connectivity index (χ2v) is 5.36. The van der Waals surface area contributed by atoms with Crippen LogP contribution in [0, 0.1) is 6.92 Å². The highest BCUT2D eigenvalue weighted by atomic mass is 16.5. The van der Waals surface area contributed by atoms with Crippen LogP contribution in [-0.2, 0) is 0 Å². The zero-order chi connectivity index (χ0) is 17.1. The Hall–Kier alpha value is -3.08. The molecule has 122 valence electrons. The fourth-order valence-electron chi connectivity index (χ4n) is 2.42. The Kier molecular flexibility index (Phi) is 4.33. The predicted octanol–water partition coefficient (Wildman–Crippen LogP) is 3.75. The molecule has 0 aliphatic carbocycles. The molecule has 1 amide bonds. The minimum atomic E-state index is -0.498. The van der Waals surface area contributed by atoms with Gasteiger partial charge >= 0.3 is 0 Å². The summed E-state index contributed by atoms with van der Waals surface area (Å²) in [4.78, 5) is 24.6. The van der Waals surface area contributed by atoms with Crippen molar-refractivity contribution in [1.82, 2.24) is 0 Å². The second kappa shape index (κ2) is 6.58. The molecule has 0 fully saturated rings. The summed E-state index contributed by atoms with van der Waals surface area (Å²) in [6, 6.07) is 13.6. The van der Waals surface area contributed by atoms with E-state index in [1.807, 2.05) is 26.0 Å². The van der Waals surface area contributed by atoms with Gasteiger partial charge in [-0.05, 0) is 38.1 Å². The van der Waals surface area contributed by atoms with Gasteiger partial charge in [0.2, 0.25) is 0 Å². The van der Waals surface area contributed by atoms with Gasteiger partial charge in [-0.15, -0.1) is 0 Å². The molecule has 0 atom stereocenters. The summed E-state index contributed by atoms with van der Waals surface area (Å²) < 4.78 is 11.1. The molecule has 1 N–H and O–H groups in total. The molecule has 1 heterocycles. The zero-order valence-electron chi connectivity index (χ0n) is 13.5. The van der Waals surface area contributed by atoms with Crippen molar-refractivity contribution in [3.8, 4) is 5.75 Å². The fraction of sp³-hybridized carbons (Fsp3) is 0.158. The maximum absolute atomic E-state index is 12.4. The van der Waals surface area contributed by atoms with Gasteiger partial charge in [0.05, 0.1) is 17.7 Å². The standard InChI is InChI=1S/C19H17NO4/c1-3-23-17-7-5-4-6-14(17)20-19(22)18-11-15(21)13-10-12(2)8-9-16(13)24-18/h4-11H,3H2,1-2H3,(H,20,22). The number of benzene rings is 2. The van der Waals surface area contributed by atoms with Gasteiger partial charge < -0.3 is 14.5 Å². The molecule has 5 heteroatoms. The molecule has 0 aliphatic heterocycles. The molecule has 3 aromatic rings.